The van der Waals surface area contributed by atoms with Crippen LogP contribution < -0.4 is 0 Å². The van der Waals surface area contributed by atoms with Gasteiger partial charge in [0.1, 0.15) is 0 Å². The van der Waals surface area contributed by atoms with Crippen molar-refractivity contribution in [2.24, 2.45) is 0 Å². The Balaban J connectivity index is 0.00000169. The van der Waals surface area contributed by atoms with Crippen molar-refractivity contribution in [1.29, 1.82) is 0 Å². The molecule has 0 bridgehead atoms. The topological polar surface area (TPSA) is 6.48 Å². The molecule has 1 aromatic rings. The van der Waals surface area contributed by atoms with Crippen molar-refractivity contribution in [2.45, 2.75) is 51.6 Å². The van der Waals surface area contributed by atoms with Crippen LogP contribution in [0, 0.1) is 0 Å². The van der Waals surface area contributed by atoms with E-state index in [1.165, 1.54) is 38.5 Å². The molecule has 0 unspecified atom stereocenters. The molecule has 0 saturated carbocycles. The highest BCUT2D eigenvalue weighted by Gasteiger charge is 2.24. The second-order valence-electron chi connectivity index (χ2n) is 6.89. The third-order valence-electron chi connectivity index (χ3n) is 5.11. The van der Waals surface area contributed by atoms with Crippen LogP contribution >= 0.6 is 71.2 Å². The molecule has 0 aromatic heterocycles. The summed E-state index contributed by atoms with van der Waals surface area (Å²) in [6.45, 7) is 5.77. The summed E-state index contributed by atoms with van der Waals surface area (Å²) in [7, 11) is 0. The lowest BCUT2D eigenvalue weighted by molar-refractivity contribution is 0.219. The maximum Gasteiger partial charge on any atom is 0.0656 e. The Hall–Kier alpha value is 0.880. The zero-order valence-corrected chi connectivity index (χ0v) is 19.4. The number of rotatable bonds is 4. The molecule has 2 fully saturated rings. The predicted octanol–water partition coefficient (Wildman–Crippen LogP) is 7.12. The molecular weight excluding hydrogens is 457 g/mol. The van der Waals surface area contributed by atoms with Crippen LogP contribution in [0.2, 0.25) is 20.1 Å². The van der Waals surface area contributed by atoms with Crippen molar-refractivity contribution in [3.63, 3.8) is 0 Å². The maximum absolute atomic E-state index is 6.59. The summed E-state index contributed by atoms with van der Waals surface area (Å²) in [4.78, 5) is 4.76. The first-order valence-corrected chi connectivity index (χ1v) is 10.4. The third-order valence-corrected chi connectivity index (χ3v) is 6.97. The number of hydrogen-bond donors (Lipinski definition) is 0. The Morgan fingerprint density at radius 1 is 0.500 bits per heavy atom. The number of hydrogen-bond acceptors (Lipinski definition) is 2. The first-order chi connectivity index (χ1) is 11.6. The van der Waals surface area contributed by atoms with Crippen molar-refractivity contribution in [3.05, 3.63) is 31.2 Å². The standard InChI is InChI=1S/C18H24Cl4N2.2ClH/c19-15-13(11-23-7-3-1-4-8-23)16(20)18(22)14(17(15)21)12-24-9-5-2-6-10-24;;/h1-12H2;2*1H. The van der Waals surface area contributed by atoms with Crippen LogP contribution in [0.15, 0.2) is 0 Å². The van der Waals surface area contributed by atoms with E-state index in [2.05, 4.69) is 9.80 Å². The van der Waals surface area contributed by atoms with Gasteiger partial charge in [0.05, 0.1) is 20.1 Å². The molecule has 8 heteroatoms. The molecule has 2 aliphatic heterocycles. The lowest BCUT2D eigenvalue weighted by atomic mass is 10.1. The van der Waals surface area contributed by atoms with Crippen molar-refractivity contribution in [1.82, 2.24) is 9.80 Å². The molecule has 0 aliphatic carbocycles. The molecule has 0 atom stereocenters. The van der Waals surface area contributed by atoms with Crippen molar-refractivity contribution in [3.8, 4) is 0 Å². The Bertz CT molecular complexity index is 504. The number of nitrogens with zero attached hydrogens (tertiary/aromatic N) is 2. The van der Waals surface area contributed by atoms with Crippen LogP contribution in [0.4, 0.5) is 0 Å². The summed E-state index contributed by atoms with van der Waals surface area (Å²) >= 11 is 26.4. The average molecular weight is 483 g/mol. The van der Waals surface area contributed by atoms with E-state index in [0.717, 1.165) is 50.4 Å². The molecule has 2 heterocycles. The number of benzene rings is 1. The monoisotopic (exact) mass is 480 g/mol. The van der Waals surface area contributed by atoms with Gasteiger partial charge in [-0.2, -0.15) is 0 Å². The molecule has 3 rings (SSSR count). The van der Waals surface area contributed by atoms with E-state index in [-0.39, 0.29) is 24.8 Å². The molecule has 150 valence electrons. The maximum atomic E-state index is 6.59. The van der Waals surface area contributed by atoms with Crippen LogP contribution in [-0.2, 0) is 13.1 Å². The van der Waals surface area contributed by atoms with Gasteiger partial charge in [-0.15, -0.1) is 24.8 Å². The highest BCUT2D eigenvalue weighted by molar-refractivity contribution is 6.48. The lowest BCUT2D eigenvalue weighted by Crippen LogP contribution is -2.30. The van der Waals surface area contributed by atoms with Gasteiger partial charge in [-0.25, -0.2) is 0 Å². The van der Waals surface area contributed by atoms with Gasteiger partial charge in [0, 0.05) is 24.2 Å². The van der Waals surface area contributed by atoms with Crippen molar-refractivity contribution < 1.29 is 0 Å². The van der Waals surface area contributed by atoms with Crippen LogP contribution in [0.3, 0.4) is 0 Å². The first-order valence-electron chi connectivity index (χ1n) is 8.86. The minimum Gasteiger partial charge on any atom is -0.299 e. The average Bonchev–Trinajstić information content (AvgIpc) is 2.62. The Labute approximate surface area is 189 Å². The van der Waals surface area contributed by atoms with Gasteiger partial charge in [0.25, 0.3) is 0 Å². The van der Waals surface area contributed by atoms with E-state index >= 15 is 0 Å². The lowest BCUT2D eigenvalue weighted by Gasteiger charge is -2.29. The van der Waals surface area contributed by atoms with E-state index in [1.54, 1.807) is 0 Å². The fourth-order valence-corrected chi connectivity index (χ4v) is 4.85. The molecule has 2 saturated heterocycles. The van der Waals surface area contributed by atoms with Crippen LogP contribution in [0.1, 0.15) is 49.7 Å². The second kappa shape index (κ2) is 11.8. The molecule has 1 aromatic carbocycles. The molecule has 26 heavy (non-hydrogen) atoms. The molecule has 2 nitrogen and oxygen atoms in total. The molecule has 0 N–H and O–H groups in total. The fourth-order valence-electron chi connectivity index (χ4n) is 3.68. The normalized spacial score (nSPS) is 18.9. The number of halogens is 6. The second-order valence-corrected chi connectivity index (χ2v) is 8.40. The van der Waals surface area contributed by atoms with Gasteiger partial charge >= 0.3 is 0 Å². The van der Waals surface area contributed by atoms with E-state index < -0.39 is 0 Å². The van der Waals surface area contributed by atoms with Crippen LogP contribution in [0.5, 0.6) is 0 Å². The van der Waals surface area contributed by atoms with Gasteiger partial charge in [-0.3, -0.25) is 9.80 Å². The van der Waals surface area contributed by atoms with Crippen molar-refractivity contribution >= 4 is 71.2 Å². The largest absolute Gasteiger partial charge is 0.299 e. The Morgan fingerprint density at radius 3 is 1.04 bits per heavy atom. The minimum atomic E-state index is 0. The number of piperidine rings is 2. The zero-order valence-electron chi connectivity index (χ0n) is 14.7. The molecule has 0 spiro atoms. The van der Waals surface area contributed by atoms with Gasteiger partial charge in [0.2, 0.25) is 0 Å². The van der Waals surface area contributed by atoms with Crippen LogP contribution in [-0.4, -0.2) is 36.0 Å². The zero-order chi connectivity index (χ0) is 17.1. The van der Waals surface area contributed by atoms with Crippen molar-refractivity contribution in [2.75, 3.05) is 26.2 Å². The summed E-state index contributed by atoms with van der Waals surface area (Å²) in [6.07, 6.45) is 7.50. The van der Waals surface area contributed by atoms with Gasteiger partial charge in [-0.05, 0) is 51.9 Å². The Morgan fingerprint density at radius 2 is 0.769 bits per heavy atom. The van der Waals surface area contributed by atoms with E-state index in [0.29, 0.717) is 20.1 Å². The van der Waals surface area contributed by atoms with Gasteiger partial charge in [0.15, 0.2) is 0 Å². The highest BCUT2D eigenvalue weighted by atomic mass is 35.5. The van der Waals surface area contributed by atoms with Crippen LogP contribution in [0.25, 0.3) is 0 Å². The number of likely N-dealkylation sites (tertiary alicyclic amines) is 2. The van der Waals surface area contributed by atoms with Gasteiger partial charge < -0.3 is 0 Å². The first kappa shape index (κ1) is 24.9. The molecule has 0 radical (unpaired) electrons. The summed E-state index contributed by atoms with van der Waals surface area (Å²) in [5, 5.41) is 2.29. The predicted molar refractivity (Wildman–Crippen MR) is 119 cm³/mol. The summed E-state index contributed by atoms with van der Waals surface area (Å²) in [6, 6.07) is 0. The highest BCUT2D eigenvalue weighted by Crippen LogP contribution is 2.42. The quantitative estimate of drug-likeness (QED) is 0.421. The fraction of sp³-hybridized carbons (Fsp3) is 0.667. The third kappa shape index (κ3) is 5.94. The van der Waals surface area contributed by atoms with E-state index in [1.807, 2.05) is 0 Å². The van der Waals surface area contributed by atoms with E-state index in [4.69, 9.17) is 46.4 Å². The molecular formula is C18H26Cl6N2. The van der Waals surface area contributed by atoms with Gasteiger partial charge in [-0.1, -0.05) is 59.2 Å². The summed E-state index contributed by atoms with van der Waals surface area (Å²) in [5.74, 6) is 0. The SMILES string of the molecule is Cl.Cl.Clc1c(Cl)c(CN2CCCCC2)c(Cl)c(Cl)c1CN1CCCCC1. The summed E-state index contributed by atoms with van der Waals surface area (Å²) < 4.78 is 0. The minimum absolute atomic E-state index is 0. The molecule has 2 aliphatic rings. The smallest absolute Gasteiger partial charge is 0.0656 e. The summed E-state index contributed by atoms with van der Waals surface area (Å²) in [5.41, 5.74) is 1.75. The van der Waals surface area contributed by atoms with E-state index in [9.17, 15) is 0 Å². The molecule has 0 amide bonds. The Kier molecular flexibility index (Phi) is 11.3.